The lowest BCUT2D eigenvalue weighted by atomic mass is 9.93. The second-order valence-electron chi connectivity index (χ2n) is 6.24. The molecule has 0 bridgehead atoms. The molecule has 0 aromatic heterocycles. The topological polar surface area (TPSA) is 12.0 Å². The normalized spacial score (nSPS) is 14.5. The minimum atomic E-state index is -0.122. The Hall–Kier alpha value is -1.67. The van der Waals surface area contributed by atoms with Gasteiger partial charge in [-0.05, 0) is 73.6 Å². The maximum atomic E-state index is 14.4. The standard InChI is InChI=1S/C19H22FN/c1-12-8-14(3)19(18(20)9-12)17-10-15(5-4-13(17)2)11-21-16-6-7-16/h4-5,8-10,16,21H,6-7,11H2,1-3H3. The van der Waals surface area contributed by atoms with Crippen molar-refractivity contribution in [3.63, 3.8) is 0 Å². The zero-order valence-electron chi connectivity index (χ0n) is 13.0. The summed E-state index contributed by atoms with van der Waals surface area (Å²) in [4.78, 5) is 0. The molecule has 1 saturated carbocycles. The minimum Gasteiger partial charge on any atom is -0.310 e. The van der Waals surface area contributed by atoms with Gasteiger partial charge in [0.05, 0.1) is 0 Å². The van der Waals surface area contributed by atoms with Gasteiger partial charge in [0, 0.05) is 18.2 Å². The molecule has 0 heterocycles. The first-order chi connectivity index (χ1) is 10.0. The van der Waals surface area contributed by atoms with Gasteiger partial charge in [-0.15, -0.1) is 0 Å². The van der Waals surface area contributed by atoms with E-state index in [9.17, 15) is 4.39 Å². The van der Waals surface area contributed by atoms with E-state index < -0.39 is 0 Å². The third-order valence-corrected chi connectivity index (χ3v) is 4.18. The predicted octanol–water partition coefficient (Wildman–Crippen LogP) is 4.67. The molecular weight excluding hydrogens is 261 g/mol. The Labute approximate surface area is 126 Å². The van der Waals surface area contributed by atoms with E-state index in [0.717, 1.165) is 34.4 Å². The molecule has 0 saturated heterocycles. The van der Waals surface area contributed by atoms with Crippen LogP contribution in [-0.4, -0.2) is 6.04 Å². The van der Waals surface area contributed by atoms with Gasteiger partial charge >= 0.3 is 0 Å². The number of halogens is 1. The Morgan fingerprint density at radius 2 is 1.81 bits per heavy atom. The summed E-state index contributed by atoms with van der Waals surface area (Å²) in [6.07, 6.45) is 2.56. The molecule has 3 rings (SSSR count). The largest absolute Gasteiger partial charge is 0.310 e. The molecule has 0 unspecified atom stereocenters. The molecule has 110 valence electrons. The summed E-state index contributed by atoms with van der Waals surface area (Å²) in [7, 11) is 0. The van der Waals surface area contributed by atoms with Crippen molar-refractivity contribution in [3.05, 3.63) is 58.4 Å². The Bertz CT molecular complexity index is 648. The fourth-order valence-corrected chi connectivity index (χ4v) is 2.85. The summed E-state index contributed by atoms with van der Waals surface area (Å²) in [6.45, 7) is 6.83. The first-order valence-electron chi connectivity index (χ1n) is 7.64. The zero-order valence-corrected chi connectivity index (χ0v) is 13.0. The van der Waals surface area contributed by atoms with Crippen LogP contribution in [0.3, 0.4) is 0 Å². The maximum absolute atomic E-state index is 14.4. The van der Waals surface area contributed by atoms with Crippen molar-refractivity contribution in [2.45, 2.75) is 46.2 Å². The van der Waals surface area contributed by atoms with E-state index in [2.05, 4.69) is 23.5 Å². The number of hydrogen-bond donors (Lipinski definition) is 1. The lowest BCUT2D eigenvalue weighted by molar-refractivity contribution is 0.629. The van der Waals surface area contributed by atoms with Crippen LogP contribution in [-0.2, 0) is 6.54 Å². The fraction of sp³-hybridized carbons (Fsp3) is 0.368. The summed E-state index contributed by atoms with van der Waals surface area (Å²) in [5.41, 5.74) is 6.07. The Balaban J connectivity index is 1.98. The predicted molar refractivity (Wildman–Crippen MR) is 85.9 cm³/mol. The van der Waals surface area contributed by atoms with Gasteiger partial charge in [0.2, 0.25) is 0 Å². The molecule has 2 heteroatoms. The van der Waals surface area contributed by atoms with Crippen molar-refractivity contribution in [2.24, 2.45) is 0 Å². The van der Waals surface area contributed by atoms with Crippen molar-refractivity contribution >= 4 is 0 Å². The van der Waals surface area contributed by atoms with Gasteiger partial charge in [-0.25, -0.2) is 4.39 Å². The highest BCUT2D eigenvalue weighted by Crippen LogP contribution is 2.31. The average molecular weight is 283 g/mol. The average Bonchev–Trinajstić information content (AvgIpc) is 3.22. The maximum Gasteiger partial charge on any atom is 0.131 e. The van der Waals surface area contributed by atoms with Gasteiger partial charge in [-0.3, -0.25) is 0 Å². The van der Waals surface area contributed by atoms with Gasteiger partial charge in [0.1, 0.15) is 5.82 Å². The second kappa shape index (κ2) is 5.61. The molecule has 1 aliphatic carbocycles. The van der Waals surface area contributed by atoms with Crippen LogP contribution in [0, 0.1) is 26.6 Å². The van der Waals surface area contributed by atoms with Crippen molar-refractivity contribution in [1.29, 1.82) is 0 Å². The van der Waals surface area contributed by atoms with Crippen LogP contribution in [0.15, 0.2) is 30.3 Å². The fourth-order valence-electron chi connectivity index (χ4n) is 2.85. The van der Waals surface area contributed by atoms with Gasteiger partial charge in [0.15, 0.2) is 0 Å². The van der Waals surface area contributed by atoms with Crippen molar-refractivity contribution < 1.29 is 4.39 Å². The van der Waals surface area contributed by atoms with Crippen molar-refractivity contribution in [3.8, 4) is 11.1 Å². The number of aryl methyl sites for hydroxylation is 3. The molecule has 0 aliphatic heterocycles. The highest BCUT2D eigenvalue weighted by Gasteiger charge is 2.20. The summed E-state index contributed by atoms with van der Waals surface area (Å²) < 4.78 is 14.4. The highest BCUT2D eigenvalue weighted by atomic mass is 19.1. The van der Waals surface area contributed by atoms with Gasteiger partial charge in [-0.2, -0.15) is 0 Å². The minimum absolute atomic E-state index is 0.122. The zero-order chi connectivity index (χ0) is 15.0. The van der Waals surface area contributed by atoms with E-state index in [1.54, 1.807) is 6.07 Å². The van der Waals surface area contributed by atoms with Crippen molar-refractivity contribution in [1.82, 2.24) is 5.32 Å². The van der Waals surface area contributed by atoms with E-state index in [-0.39, 0.29) is 5.82 Å². The number of nitrogens with one attached hydrogen (secondary N) is 1. The number of benzene rings is 2. The smallest absolute Gasteiger partial charge is 0.131 e. The van der Waals surface area contributed by atoms with E-state index in [4.69, 9.17) is 0 Å². The second-order valence-corrected chi connectivity index (χ2v) is 6.24. The molecule has 2 aromatic rings. The Kier molecular flexibility index (Phi) is 3.81. The third kappa shape index (κ3) is 3.16. The third-order valence-electron chi connectivity index (χ3n) is 4.18. The van der Waals surface area contributed by atoms with Gasteiger partial charge in [-0.1, -0.05) is 18.2 Å². The van der Waals surface area contributed by atoms with E-state index in [1.807, 2.05) is 26.8 Å². The Morgan fingerprint density at radius 3 is 2.48 bits per heavy atom. The van der Waals surface area contributed by atoms with Crippen LogP contribution in [0.4, 0.5) is 4.39 Å². The summed E-state index contributed by atoms with van der Waals surface area (Å²) in [6, 6.07) is 10.7. The molecular formula is C19H22FN. The summed E-state index contributed by atoms with van der Waals surface area (Å²) in [5.74, 6) is -0.122. The van der Waals surface area contributed by atoms with Crippen LogP contribution in [0.1, 0.15) is 35.1 Å². The molecule has 1 N–H and O–H groups in total. The molecule has 0 atom stereocenters. The van der Waals surface area contributed by atoms with Gasteiger partial charge < -0.3 is 5.32 Å². The molecule has 0 radical (unpaired) electrons. The van der Waals surface area contributed by atoms with E-state index >= 15 is 0 Å². The van der Waals surface area contributed by atoms with Gasteiger partial charge in [0.25, 0.3) is 0 Å². The molecule has 1 aliphatic rings. The van der Waals surface area contributed by atoms with E-state index in [1.165, 1.54) is 18.4 Å². The number of hydrogen-bond acceptors (Lipinski definition) is 1. The molecule has 21 heavy (non-hydrogen) atoms. The number of rotatable bonds is 4. The molecule has 1 nitrogen and oxygen atoms in total. The monoisotopic (exact) mass is 283 g/mol. The van der Waals surface area contributed by atoms with Crippen molar-refractivity contribution in [2.75, 3.05) is 0 Å². The van der Waals surface area contributed by atoms with Crippen LogP contribution in [0.25, 0.3) is 11.1 Å². The highest BCUT2D eigenvalue weighted by molar-refractivity contribution is 5.72. The SMILES string of the molecule is Cc1cc(C)c(-c2cc(CNC3CC3)ccc2C)c(F)c1. The molecule has 2 aromatic carbocycles. The first kappa shape index (κ1) is 14.3. The van der Waals surface area contributed by atoms with E-state index in [0.29, 0.717) is 6.04 Å². The lowest BCUT2D eigenvalue weighted by Crippen LogP contribution is -2.15. The summed E-state index contributed by atoms with van der Waals surface area (Å²) >= 11 is 0. The first-order valence-corrected chi connectivity index (χ1v) is 7.64. The summed E-state index contributed by atoms with van der Waals surface area (Å²) in [5, 5.41) is 3.52. The molecule has 0 amide bonds. The molecule has 1 fully saturated rings. The Morgan fingerprint density at radius 1 is 1.05 bits per heavy atom. The van der Waals surface area contributed by atoms with Crippen LogP contribution in [0.2, 0.25) is 0 Å². The molecule has 0 spiro atoms. The quantitative estimate of drug-likeness (QED) is 0.859. The van der Waals surface area contributed by atoms with Crippen LogP contribution < -0.4 is 5.32 Å². The van der Waals surface area contributed by atoms with Crippen LogP contribution in [0.5, 0.6) is 0 Å². The lowest BCUT2D eigenvalue weighted by Gasteiger charge is -2.14. The van der Waals surface area contributed by atoms with Crippen LogP contribution >= 0.6 is 0 Å².